The van der Waals surface area contributed by atoms with Gasteiger partial charge in [-0.3, -0.25) is 9.69 Å². The van der Waals surface area contributed by atoms with E-state index in [9.17, 15) is 9.59 Å². The smallest absolute Gasteiger partial charge is 0.313 e. The highest BCUT2D eigenvalue weighted by molar-refractivity contribution is 6.02. The molecule has 1 heterocycles. The normalized spacial score (nSPS) is 18.3. The number of urea groups is 1. The summed E-state index contributed by atoms with van der Waals surface area (Å²) in [4.78, 5) is 26.5. The molecule has 0 saturated carbocycles. The number of imide groups is 1. The summed E-state index contributed by atoms with van der Waals surface area (Å²) < 4.78 is 0. The van der Waals surface area contributed by atoms with Gasteiger partial charge < -0.3 is 4.90 Å². The molecule has 86 valence electrons. The minimum Gasteiger partial charge on any atom is -0.313 e. The maximum absolute atomic E-state index is 11.9. The Kier molecular flexibility index (Phi) is 3.07. The summed E-state index contributed by atoms with van der Waals surface area (Å²) in [5.74, 6) is -0.0800. The van der Waals surface area contributed by atoms with Crippen molar-refractivity contribution in [2.75, 3.05) is 13.1 Å². The molecule has 3 amide bonds. The van der Waals surface area contributed by atoms with Crippen molar-refractivity contribution >= 4 is 11.9 Å². The van der Waals surface area contributed by atoms with Crippen molar-refractivity contribution in [3.8, 4) is 0 Å². The molecule has 15 heavy (non-hydrogen) atoms. The van der Waals surface area contributed by atoms with Crippen LogP contribution >= 0.6 is 0 Å². The maximum Gasteiger partial charge on any atom is 0.327 e. The van der Waals surface area contributed by atoms with Crippen LogP contribution in [0.3, 0.4) is 0 Å². The highest BCUT2D eigenvalue weighted by Crippen LogP contribution is 2.21. The number of hydrogen-bond acceptors (Lipinski definition) is 2. The molecule has 0 spiro atoms. The van der Waals surface area contributed by atoms with E-state index in [1.807, 2.05) is 34.6 Å². The lowest BCUT2D eigenvalue weighted by Gasteiger charge is -2.25. The van der Waals surface area contributed by atoms with Crippen molar-refractivity contribution in [2.24, 2.45) is 5.41 Å². The van der Waals surface area contributed by atoms with Gasteiger partial charge in [0.2, 0.25) is 5.91 Å². The molecule has 0 bridgehead atoms. The fraction of sp³-hybridized carbons (Fsp3) is 0.818. The van der Waals surface area contributed by atoms with Gasteiger partial charge in [0, 0.05) is 12.6 Å². The van der Waals surface area contributed by atoms with Crippen LogP contribution in [0.4, 0.5) is 4.79 Å². The quantitative estimate of drug-likeness (QED) is 0.654. The van der Waals surface area contributed by atoms with E-state index in [1.165, 1.54) is 4.90 Å². The molecule has 0 aromatic heterocycles. The topological polar surface area (TPSA) is 40.6 Å². The summed E-state index contributed by atoms with van der Waals surface area (Å²) in [6.45, 7) is 10.6. The van der Waals surface area contributed by atoms with Crippen molar-refractivity contribution in [2.45, 2.75) is 40.7 Å². The van der Waals surface area contributed by atoms with E-state index < -0.39 is 0 Å². The summed E-state index contributed by atoms with van der Waals surface area (Å²) in [7, 11) is 0. The second kappa shape index (κ2) is 3.83. The van der Waals surface area contributed by atoms with Gasteiger partial charge in [-0.15, -0.1) is 0 Å². The number of nitrogens with zero attached hydrogens (tertiary/aromatic N) is 2. The van der Waals surface area contributed by atoms with Gasteiger partial charge in [-0.1, -0.05) is 20.8 Å². The third-order valence-corrected chi connectivity index (χ3v) is 2.34. The number of rotatable bonds is 2. The number of carbonyl (C=O) groups excluding carboxylic acids is 2. The first-order valence-electron chi connectivity index (χ1n) is 5.33. The molecule has 0 aromatic rings. The molecule has 0 aliphatic carbocycles. The van der Waals surface area contributed by atoms with Crippen LogP contribution in [0.25, 0.3) is 0 Å². The molecule has 0 atom stereocenters. The highest BCUT2D eigenvalue weighted by Gasteiger charge is 2.38. The Morgan fingerprint density at radius 3 is 2.13 bits per heavy atom. The van der Waals surface area contributed by atoms with Gasteiger partial charge in [-0.2, -0.15) is 0 Å². The summed E-state index contributed by atoms with van der Waals surface area (Å²) in [5, 5.41) is 0. The van der Waals surface area contributed by atoms with E-state index in [1.54, 1.807) is 4.90 Å². The van der Waals surface area contributed by atoms with Crippen LogP contribution in [-0.2, 0) is 4.79 Å². The van der Waals surface area contributed by atoms with Gasteiger partial charge >= 0.3 is 6.03 Å². The van der Waals surface area contributed by atoms with Crippen molar-refractivity contribution in [1.82, 2.24) is 9.80 Å². The maximum atomic E-state index is 11.9. The van der Waals surface area contributed by atoms with Crippen LogP contribution in [-0.4, -0.2) is 40.9 Å². The minimum atomic E-state index is -0.148. The van der Waals surface area contributed by atoms with Crippen LogP contribution in [0.5, 0.6) is 0 Å². The van der Waals surface area contributed by atoms with Gasteiger partial charge in [0.1, 0.15) is 6.54 Å². The SMILES string of the molecule is CC(C)N1CC(=O)N(CC(C)(C)C)C1=O. The Morgan fingerprint density at radius 2 is 1.80 bits per heavy atom. The molecule has 0 N–H and O–H groups in total. The number of amides is 3. The first-order valence-corrected chi connectivity index (χ1v) is 5.33. The summed E-state index contributed by atoms with van der Waals surface area (Å²) >= 11 is 0. The van der Waals surface area contributed by atoms with Crippen molar-refractivity contribution in [3.05, 3.63) is 0 Å². The Labute approximate surface area is 91.2 Å². The standard InChI is InChI=1S/C11H20N2O2/c1-8(2)12-6-9(14)13(10(12)15)7-11(3,4)5/h8H,6-7H2,1-5H3. The molecule has 1 rings (SSSR count). The van der Waals surface area contributed by atoms with Crippen LogP contribution in [0, 0.1) is 5.41 Å². The zero-order chi connectivity index (χ0) is 11.8. The van der Waals surface area contributed by atoms with Crippen LogP contribution < -0.4 is 0 Å². The summed E-state index contributed by atoms with van der Waals surface area (Å²) in [6, 6.07) is -0.0589. The van der Waals surface area contributed by atoms with Crippen LogP contribution in [0.1, 0.15) is 34.6 Å². The fourth-order valence-corrected chi connectivity index (χ4v) is 1.59. The first kappa shape index (κ1) is 12.0. The van der Waals surface area contributed by atoms with E-state index in [4.69, 9.17) is 0 Å². The lowest BCUT2D eigenvalue weighted by atomic mass is 9.96. The molecule has 0 unspecified atom stereocenters. The van der Waals surface area contributed by atoms with Crippen molar-refractivity contribution < 1.29 is 9.59 Å². The monoisotopic (exact) mass is 212 g/mol. The Hall–Kier alpha value is -1.06. The minimum absolute atomic E-state index is 0.0433. The molecule has 1 aliphatic rings. The lowest BCUT2D eigenvalue weighted by Crippen LogP contribution is -2.40. The zero-order valence-corrected chi connectivity index (χ0v) is 10.2. The molecule has 1 aliphatic heterocycles. The van der Waals surface area contributed by atoms with Gasteiger partial charge in [-0.25, -0.2) is 4.79 Å². The molecule has 1 saturated heterocycles. The van der Waals surface area contributed by atoms with E-state index >= 15 is 0 Å². The molecule has 4 heteroatoms. The molecule has 4 nitrogen and oxygen atoms in total. The Bertz CT molecular complexity index is 279. The average Bonchev–Trinajstić information content (AvgIpc) is 2.29. The number of hydrogen-bond donors (Lipinski definition) is 0. The Balaban J connectivity index is 2.76. The summed E-state index contributed by atoms with van der Waals surface area (Å²) in [5.41, 5.74) is -0.0433. The van der Waals surface area contributed by atoms with Gasteiger partial charge in [0.15, 0.2) is 0 Å². The van der Waals surface area contributed by atoms with Crippen molar-refractivity contribution in [1.29, 1.82) is 0 Å². The fourth-order valence-electron chi connectivity index (χ4n) is 1.59. The molecular weight excluding hydrogens is 192 g/mol. The predicted octanol–water partition coefficient (Wildman–Crippen LogP) is 1.71. The van der Waals surface area contributed by atoms with Crippen molar-refractivity contribution in [3.63, 3.8) is 0 Å². The summed E-state index contributed by atoms with van der Waals surface area (Å²) in [6.07, 6.45) is 0. The molecular formula is C11H20N2O2. The zero-order valence-electron chi connectivity index (χ0n) is 10.2. The third kappa shape index (κ3) is 2.70. The van der Waals surface area contributed by atoms with Crippen LogP contribution in [0.15, 0.2) is 0 Å². The van der Waals surface area contributed by atoms with E-state index in [0.29, 0.717) is 6.54 Å². The van der Waals surface area contributed by atoms with Crippen LogP contribution in [0.2, 0.25) is 0 Å². The van der Waals surface area contributed by atoms with E-state index in [-0.39, 0.29) is 29.9 Å². The highest BCUT2D eigenvalue weighted by atomic mass is 16.2. The van der Waals surface area contributed by atoms with E-state index in [0.717, 1.165) is 0 Å². The molecule has 0 radical (unpaired) electrons. The lowest BCUT2D eigenvalue weighted by molar-refractivity contribution is -0.126. The average molecular weight is 212 g/mol. The number of carbonyl (C=O) groups is 2. The van der Waals surface area contributed by atoms with E-state index in [2.05, 4.69) is 0 Å². The first-order chi connectivity index (χ1) is 6.72. The van der Waals surface area contributed by atoms with Gasteiger partial charge in [0.25, 0.3) is 0 Å². The predicted molar refractivity (Wildman–Crippen MR) is 58.4 cm³/mol. The molecule has 0 aromatic carbocycles. The van der Waals surface area contributed by atoms with Gasteiger partial charge in [0.05, 0.1) is 0 Å². The second-order valence-corrected chi connectivity index (χ2v) is 5.54. The third-order valence-electron chi connectivity index (χ3n) is 2.34. The second-order valence-electron chi connectivity index (χ2n) is 5.54. The van der Waals surface area contributed by atoms with Gasteiger partial charge in [-0.05, 0) is 19.3 Å². The largest absolute Gasteiger partial charge is 0.327 e. The molecule has 1 fully saturated rings. The Morgan fingerprint density at radius 1 is 1.27 bits per heavy atom.